The highest BCUT2D eigenvalue weighted by atomic mass is 32.2. The van der Waals surface area contributed by atoms with Gasteiger partial charge in [0.2, 0.25) is 5.13 Å². The molecule has 3 N–H and O–H groups in total. The number of aryl methyl sites for hydroxylation is 1. The van der Waals surface area contributed by atoms with Crippen LogP contribution in [-0.4, -0.2) is 28.2 Å². The van der Waals surface area contributed by atoms with Gasteiger partial charge in [-0.2, -0.15) is 8.42 Å². The molecule has 0 radical (unpaired) electrons. The molecule has 11 heteroatoms. The van der Waals surface area contributed by atoms with E-state index in [-0.39, 0.29) is 11.7 Å². The first-order chi connectivity index (χ1) is 14.9. The van der Waals surface area contributed by atoms with Crippen molar-refractivity contribution in [2.45, 2.75) is 19.4 Å². The summed E-state index contributed by atoms with van der Waals surface area (Å²) in [6, 6.07) is 16.7. The second-order valence-corrected chi connectivity index (χ2v) is 9.96. The van der Waals surface area contributed by atoms with Crippen LogP contribution < -0.4 is 10.0 Å². The van der Waals surface area contributed by atoms with Crippen LogP contribution in [0.2, 0.25) is 0 Å². The molecule has 2 heterocycles. The normalized spacial score (nSPS) is 12.5. The number of hydrogen-bond acceptors (Lipinski definition) is 8. The molecule has 0 aliphatic heterocycles. The summed E-state index contributed by atoms with van der Waals surface area (Å²) in [5.41, 5.74) is 3.22. The number of rotatable bonds is 8. The van der Waals surface area contributed by atoms with Crippen LogP contribution in [0.1, 0.15) is 21.6 Å². The number of nitrogens with one attached hydrogen (secondary N) is 2. The molecule has 8 nitrogen and oxygen atoms in total. The van der Waals surface area contributed by atoms with Gasteiger partial charge in [-0.3, -0.25) is 9.27 Å². The minimum Gasteiger partial charge on any atom is -0.350 e. The number of aromatic nitrogens is 3. The van der Waals surface area contributed by atoms with Gasteiger partial charge in [0.1, 0.15) is 10.0 Å². The van der Waals surface area contributed by atoms with Gasteiger partial charge in [-0.1, -0.05) is 53.8 Å². The third kappa shape index (κ3) is 5.85. The second-order valence-electron chi connectivity index (χ2n) is 6.74. The number of benzene rings is 2. The molecular formula is C20H19N5O3S3. The Hall–Kier alpha value is -2.86. The fourth-order valence-corrected chi connectivity index (χ4v) is 4.94. The summed E-state index contributed by atoms with van der Waals surface area (Å²) in [4.78, 5) is 4.83. The van der Waals surface area contributed by atoms with Gasteiger partial charge < -0.3 is 5.32 Å². The topological polar surface area (TPSA) is 117 Å². The Morgan fingerprint density at radius 1 is 1.06 bits per heavy atom. The first kappa shape index (κ1) is 21.4. The highest BCUT2D eigenvalue weighted by molar-refractivity contribution is 7.87. The van der Waals surface area contributed by atoms with Gasteiger partial charge in [0.25, 0.3) is 0 Å². The Balaban J connectivity index is 1.58. The quantitative estimate of drug-likeness (QED) is 0.321. The van der Waals surface area contributed by atoms with Crippen LogP contribution in [0.5, 0.6) is 0 Å². The zero-order valence-corrected chi connectivity index (χ0v) is 18.8. The van der Waals surface area contributed by atoms with Crippen LogP contribution >= 0.6 is 22.7 Å². The van der Waals surface area contributed by atoms with Crippen LogP contribution in [-0.2, 0) is 16.7 Å². The van der Waals surface area contributed by atoms with E-state index >= 15 is 0 Å². The maximum Gasteiger partial charge on any atom is 0.357 e. The number of thiazole rings is 1. The van der Waals surface area contributed by atoms with Crippen molar-refractivity contribution < 1.29 is 13.0 Å². The average molecular weight is 474 g/mol. The molecule has 1 atom stereocenters. The third-order valence-corrected chi connectivity index (χ3v) is 6.58. The highest BCUT2D eigenvalue weighted by Gasteiger charge is 2.19. The lowest BCUT2D eigenvalue weighted by molar-refractivity contribution is 0.489. The minimum atomic E-state index is -4.30. The van der Waals surface area contributed by atoms with Gasteiger partial charge in [0.15, 0.2) is 0 Å². The van der Waals surface area contributed by atoms with Gasteiger partial charge in [-0.15, -0.1) is 21.5 Å². The van der Waals surface area contributed by atoms with E-state index < -0.39 is 10.3 Å². The van der Waals surface area contributed by atoms with Crippen molar-refractivity contribution in [3.8, 4) is 11.3 Å². The molecule has 0 bridgehead atoms. The first-order valence-corrected chi connectivity index (χ1v) is 12.4. The molecule has 2 aromatic carbocycles. The molecule has 4 rings (SSSR count). The average Bonchev–Trinajstić information content (AvgIpc) is 3.38. The maximum absolute atomic E-state index is 11.0. The lowest BCUT2D eigenvalue weighted by atomic mass is 10.1. The van der Waals surface area contributed by atoms with Crippen molar-refractivity contribution in [2.24, 2.45) is 0 Å². The Labute approximate surface area is 187 Å². The van der Waals surface area contributed by atoms with E-state index in [1.807, 2.05) is 47.4 Å². The Morgan fingerprint density at radius 2 is 1.81 bits per heavy atom. The van der Waals surface area contributed by atoms with E-state index in [0.29, 0.717) is 11.6 Å². The van der Waals surface area contributed by atoms with E-state index in [0.717, 1.165) is 26.8 Å². The molecule has 4 aromatic rings. The Bertz CT molecular complexity index is 1250. The van der Waals surface area contributed by atoms with Crippen LogP contribution in [0.25, 0.3) is 11.3 Å². The van der Waals surface area contributed by atoms with Crippen molar-refractivity contribution >= 4 is 43.8 Å². The summed E-state index contributed by atoms with van der Waals surface area (Å²) < 4.78 is 32.9. The lowest BCUT2D eigenvalue weighted by Crippen LogP contribution is -2.14. The molecule has 0 saturated carbocycles. The van der Waals surface area contributed by atoms with Gasteiger partial charge in [0, 0.05) is 10.9 Å². The molecule has 1 unspecified atom stereocenters. The van der Waals surface area contributed by atoms with Crippen LogP contribution in [0.4, 0.5) is 10.8 Å². The number of nitrogens with zero attached hydrogens (tertiary/aromatic N) is 3. The van der Waals surface area contributed by atoms with Crippen molar-refractivity contribution in [3.63, 3.8) is 0 Å². The molecule has 0 fully saturated rings. The molecule has 0 aliphatic carbocycles. The first-order valence-electron chi connectivity index (χ1n) is 9.27. The summed E-state index contributed by atoms with van der Waals surface area (Å²) in [7, 11) is -4.30. The monoisotopic (exact) mass is 473 g/mol. The van der Waals surface area contributed by atoms with E-state index in [2.05, 4.69) is 15.5 Å². The number of anilines is 2. The summed E-state index contributed by atoms with van der Waals surface area (Å²) in [5.74, 6) is 0. The van der Waals surface area contributed by atoms with E-state index in [1.165, 1.54) is 11.3 Å². The molecular weight excluding hydrogens is 454 g/mol. The van der Waals surface area contributed by atoms with Crippen molar-refractivity contribution in [3.05, 3.63) is 75.6 Å². The molecule has 0 aliphatic rings. The van der Waals surface area contributed by atoms with E-state index in [1.54, 1.807) is 35.6 Å². The smallest absolute Gasteiger partial charge is 0.350 e. The van der Waals surface area contributed by atoms with Crippen molar-refractivity contribution in [1.82, 2.24) is 15.2 Å². The molecule has 0 amide bonds. The lowest BCUT2D eigenvalue weighted by Gasteiger charge is -2.16. The van der Waals surface area contributed by atoms with Gasteiger partial charge >= 0.3 is 10.3 Å². The fourth-order valence-electron chi connectivity index (χ4n) is 2.99. The predicted octanol–water partition coefficient (Wildman–Crippen LogP) is 4.58. The van der Waals surface area contributed by atoms with Crippen molar-refractivity contribution in [2.75, 3.05) is 10.0 Å². The Morgan fingerprint density at radius 3 is 2.45 bits per heavy atom. The van der Waals surface area contributed by atoms with E-state index in [9.17, 15) is 8.42 Å². The third-order valence-electron chi connectivity index (χ3n) is 4.35. The predicted molar refractivity (Wildman–Crippen MR) is 124 cm³/mol. The highest BCUT2D eigenvalue weighted by Crippen LogP contribution is 2.31. The summed E-state index contributed by atoms with van der Waals surface area (Å²) >= 11 is 3.04. The fraction of sp³-hybridized carbons (Fsp3) is 0.150. The van der Waals surface area contributed by atoms with Crippen LogP contribution in [0.3, 0.4) is 0 Å². The van der Waals surface area contributed by atoms with Gasteiger partial charge in [-0.25, -0.2) is 4.98 Å². The summed E-state index contributed by atoms with van der Waals surface area (Å²) in [6.45, 7) is 1.90. The molecule has 2 aromatic heterocycles. The standard InChI is InChI=1S/C20H19N5O3S3/c1-13-23-24-20(30-13)22-17(11-14-7-9-16(10-8-14)25-31(26,27)28)19-21-18(12-29-19)15-5-3-2-4-6-15/h2-10,12,17,25H,11H2,1H3,(H,22,24)(H,26,27,28). The maximum atomic E-state index is 11.0. The summed E-state index contributed by atoms with van der Waals surface area (Å²) in [5, 5.41) is 16.2. The second kappa shape index (κ2) is 9.10. The largest absolute Gasteiger partial charge is 0.357 e. The van der Waals surface area contributed by atoms with E-state index in [4.69, 9.17) is 9.54 Å². The molecule has 31 heavy (non-hydrogen) atoms. The molecule has 0 saturated heterocycles. The molecule has 0 spiro atoms. The minimum absolute atomic E-state index is 0.143. The SMILES string of the molecule is Cc1nnc(NC(Cc2ccc(NS(=O)(=O)O)cc2)c2nc(-c3ccccc3)cs2)s1. The number of hydrogen-bond donors (Lipinski definition) is 3. The van der Waals surface area contributed by atoms with Crippen molar-refractivity contribution in [1.29, 1.82) is 0 Å². The van der Waals surface area contributed by atoms with Crippen LogP contribution in [0.15, 0.2) is 60.0 Å². The van der Waals surface area contributed by atoms with Gasteiger partial charge in [0.05, 0.1) is 17.4 Å². The summed E-state index contributed by atoms with van der Waals surface area (Å²) in [6.07, 6.45) is 0.604. The zero-order chi connectivity index (χ0) is 21.8. The van der Waals surface area contributed by atoms with Gasteiger partial charge in [-0.05, 0) is 31.0 Å². The zero-order valence-electron chi connectivity index (χ0n) is 16.4. The molecule has 160 valence electrons. The Kier molecular flexibility index (Phi) is 6.28. The van der Waals surface area contributed by atoms with Crippen LogP contribution in [0, 0.1) is 6.92 Å².